The molecule has 18 heavy (non-hydrogen) atoms. The topological polar surface area (TPSA) is 90.2 Å². The molecule has 0 bridgehead atoms. The van der Waals surface area contributed by atoms with Gasteiger partial charge >= 0.3 is 5.69 Å². The average molecular weight is 254 g/mol. The molecule has 0 saturated carbocycles. The second-order valence-electron chi connectivity index (χ2n) is 3.92. The van der Waals surface area contributed by atoms with Crippen LogP contribution < -0.4 is 10.1 Å². The Balaban J connectivity index is 3.24. The summed E-state index contributed by atoms with van der Waals surface area (Å²) in [7, 11) is 0. The molecule has 1 N–H and O–H groups in total. The molecule has 0 aromatic carbocycles. The Labute approximate surface area is 106 Å². The second kappa shape index (κ2) is 6.13. The highest BCUT2D eigenvalue weighted by Crippen LogP contribution is 2.32. The summed E-state index contributed by atoms with van der Waals surface area (Å²) in [5.41, 5.74) is -0.206. The molecule has 0 aliphatic carbocycles. The van der Waals surface area contributed by atoms with E-state index in [0.29, 0.717) is 12.4 Å². The molecule has 1 atom stereocenters. The summed E-state index contributed by atoms with van der Waals surface area (Å²) in [6.07, 6.45) is 0.837. The molecule has 0 fully saturated rings. The second-order valence-corrected chi connectivity index (χ2v) is 3.92. The largest absolute Gasteiger partial charge is 0.473 e. The van der Waals surface area contributed by atoms with Crippen molar-refractivity contribution >= 4 is 11.5 Å². The summed E-state index contributed by atoms with van der Waals surface area (Å²) in [5.74, 6) is 0.668. The van der Waals surface area contributed by atoms with E-state index in [0.717, 1.165) is 6.42 Å². The Morgan fingerprint density at radius 2 is 2.11 bits per heavy atom. The van der Waals surface area contributed by atoms with Gasteiger partial charge in [0.2, 0.25) is 5.82 Å². The number of ether oxygens (including phenoxy) is 1. The molecular weight excluding hydrogens is 236 g/mol. The van der Waals surface area contributed by atoms with Gasteiger partial charge in [0.25, 0.3) is 5.88 Å². The van der Waals surface area contributed by atoms with Gasteiger partial charge in [0.05, 0.1) is 11.5 Å². The lowest BCUT2D eigenvalue weighted by Gasteiger charge is -2.13. The zero-order valence-corrected chi connectivity index (χ0v) is 11.1. The molecule has 1 heterocycles. The normalized spacial score (nSPS) is 12.0. The first-order chi connectivity index (χ1) is 8.49. The lowest BCUT2D eigenvalue weighted by Crippen LogP contribution is -2.17. The average Bonchev–Trinajstić information content (AvgIpc) is 2.28. The maximum absolute atomic E-state index is 11.1. The van der Waals surface area contributed by atoms with E-state index in [4.69, 9.17) is 4.74 Å². The van der Waals surface area contributed by atoms with Crippen LogP contribution in [0.5, 0.6) is 5.88 Å². The van der Waals surface area contributed by atoms with Crippen molar-refractivity contribution in [2.45, 2.75) is 40.2 Å². The van der Waals surface area contributed by atoms with Crippen LogP contribution in [0.3, 0.4) is 0 Å². The number of rotatable bonds is 6. The van der Waals surface area contributed by atoms with Crippen LogP contribution in [0.4, 0.5) is 11.5 Å². The quantitative estimate of drug-likeness (QED) is 0.618. The van der Waals surface area contributed by atoms with Crippen LogP contribution in [-0.2, 0) is 0 Å². The lowest BCUT2D eigenvalue weighted by atomic mass is 10.2. The Morgan fingerprint density at radius 1 is 1.44 bits per heavy atom. The first kappa shape index (κ1) is 14.1. The highest BCUT2D eigenvalue weighted by molar-refractivity contribution is 5.62. The Morgan fingerprint density at radius 3 is 2.61 bits per heavy atom. The van der Waals surface area contributed by atoms with Crippen molar-refractivity contribution in [2.75, 3.05) is 11.9 Å². The van der Waals surface area contributed by atoms with Crippen molar-refractivity contribution in [2.24, 2.45) is 0 Å². The van der Waals surface area contributed by atoms with E-state index in [1.54, 1.807) is 13.8 Å². The van der Waals surface area contributed by atoms with Crippen molar-refractivity contribution in [3.05, 3.63) is 15.9 Å². The summed E-state index contributed by atoms with van der Waals surface area (Å²) in [4.78, 5) is 18.6. The number of nitrogens with zero attached hydrogens (tertiary/aromatic N) is 3. The number of aromatic nitrogens is 2. The summed E-state index contributed by atoms with van der Waals surface area (Å²) in [6.45, 7) is 7.67. The van der Waals surface area contributed by atoms with Crippen molar-refractivity contribution in [3.63, 3.8) is 0 Å². The third-order valence-corrected chi connectivity index (χ3v) is 2.42. The van der Waals surface area contributed by atoms with Gasteiger partial charge in [0.1, 0.15) is 5.82 Å². The van der Waals surface area contributed by atoms with Crippen molar-refractivity contribution in [3.8, 4) is 5.88 Å². The van der Waals surface area contributed by atoms with Gasteiger partial charge in [-0.2, -0.15) is 4.98 Å². The first-order valence-electron chi connectivity index (χ1n) is 5.91. The molecule has 7 heteroatoms. The molecule has 1 aromatic heterocycles. The predicted molar refractivity (Wildman–Crippen MR) is 68.0 cm³/mol. The van der Waals surface area contributed by atoms with Gasteiger partial charge in [0.15, 0.2) is 0 Å². The Bertz CT molecular complexity index is 437. The maximum Gasteiger partial charge on any atom is 0.372 e. The smallest absolute Gasteiger partial charge is 0.372 e. The Kier molecular flexibility index (Phi) is 4.82. The van der Waals surface area contributed by atoms with E-state index in [9.17, 15) is 10.1 Å². The van der Waals surface area contributed by atoms with Gasteiger partial charge in [-0.3, -0.25) is 10.1 Å². The van der Waals surface area contributed by atoms with Crippen LogP contribution in [0.15, 0.2) is 0 Å². The highest BCUT2D eigenvalue weighted by atomic mass is 16.6. The summed E-state index contributed by atoms with van der Waals surface area (Å²) >= 11 is 0. The molecule has 1 rings (SSSR count). The third-order valence-electron chi connectivity index (χ3n) is 2.42. The van der Waals surface area contributed by atoms with Gasteiger partial charge in [-0.15, -0.1) is 0 Å². The lowest BCUT2D eigenvalue weighted by molar-refractivity contribution is -0.385. The fourth-order valence-corrected chi connectivity index (χ4v) is 1.38. The summed E-state index contributed by atoms with van der Waals surface area (Å²) < 4.78 is 5.20. The van der Waals surface area contributed by atoms with Crippen LogP contribution in [0.25, 0.3) is 0 Å². The van der Waals surface area contributed by atoms with Crippen LogP contribution in [0, 0.1) is 17.0 Å². The van der Waals surface area contributed by atoms with E-state index in [1.807, 2.05) is 13.8 Å². The van der Waals surface area contributed by atoms with Gasteiger partial charge < -0.3 is 10.1 Å². The van der Waals surface area contributed by atoms with Gasteiger partial charge in [-0.05, 0) is 27.2 Å². The van der Waals surface area contributed by atoms with Crippen molar-refractivity contribution < 1.29 is 9.66 Å². The van der Waals surface area contributed by atoms with E-state index in [2.05, 4.69) is 15.3 Å². The molecule has 0 saturated heterocycles. The zero-order chi connectivity index (χ0) is 13.7. The zero-order valence-electron chi connectivity index (χ0n) is 11.1. The first-order valence-corrected chi connectivity index (χ1v) is 5.91. The molecule has 100 valence electrons. The fourth-order valence-electron chi connectivity index (χ4n) is 1.38. The Hall–Kier alpha value is -1.92. The number of nitro groups is 1. The van der Waals surface area contributed by atoms with Crippen molar-refractivity contribution in [1.29, 1.82) is 0 Å². The summed E-state index contributed by atoms with van der Waals surface area (Å²) in [6, 6.07) is 0.0903. The molecule has 0 aliphatic heterocycles. The number of anilines is 1. The number of aryl methyl sites for hydroxylation is 1. The number of hydrogen-bond acceptors (Lipinski definition) is 6. The highest BCUT2D eigenvalue weighted by Gasteiger charge is 2.26. The molecule has 0 spiro atoms. The van der Waals surface area contributed by atoms with E-state index < -0.39 is 4.92 Å². The van der Waals surface area contributed by atoms with Crippen LogP contribution in [0.1, 0.15) is 33.0 Å². The van der Waals surface area contributed by atoms with Crippen molar-refractivity contribution in [1.82, 2.24) is 9.97 Å². The molecule has 0 aliphatic rings. The van der Waals surface area contributed by atoms with Crippen LogP contribution in [-0.4, -0.2) is 27.5 Å². The number of nitrogens with one attached hydrogen (secondary N) is 1. The predicted octanol–water partition coefficient (Wildman–Crippen LogP) is 2.30. The SMILES string of the molecule is CCOc1nc(C)nc(NC(C)CC)c1[N+](=O)[O-]. The molecule has 1 unspecified atom stereocenters. The summed E-state index contributed by atoms with van der Waals surface area (Å²) in [5, 5.41) is 14.1. The fraction of sp³-hybridized carbons (Fsp3) is 0.636. The van der Waals surface area contributed by atoms with Gasteiger partial charge in [-0.25, -0.2) is 4.98 Å². The van der Waals surface area contributed by atoms with E-state index in [1.165, 1.54) is 0 Å². The standard InChI is InChI=1S/C11H18N4O3/c1-5-7(3)12-10-9(15(16)17)11(18-6-2)14-8(4)13-10/h7H,5-6H2,1-4H3,(H,12,13,14). The minimum atomic E-state index is -0.519. The minimum Gasteiger partial charge on any atom is -0.473 e. The van der Waals surface area contributed by atoms with E-state index in [-0.39, 0.29) is 23.4 Å². The third kappa shape index (κ3) is 3.28. The van der Waals surface area contributed by atoms with Gasteiger partial charge in [0, 0.05) is 6.04 Å². The molecule has 0 radical (unpaired) electrons. The van der Waals surface area contributed by atoms with Crippen LogP contribution in [0.2, 0.25) is 0 Å². The molecule has 1 aromatic rings. The van der Waals surface area contributed by atoms with E-state index >= 15 is 0 Å². The monoisotopic (exact) mass is 254 g/mol. The van der Waals surface area contributed by atoms with Crippen LogP contribution >= 0.6 is 0 Å². The molecular formula is C11H18N4O3. The number of hydrogen-bond donors (Lipinski definition) is 1. The molecule has 7 nitrogen and oxygen atoms in total. The van der Waals surface area contributed by atoms with Gasteiger partial charge in [-0.1, -0.05) is 6.92 Å². The minimum absolute atomic E-state index is 0.0146. The molecule has 0 amide bonds. The maximum atomic E-state index is 11.1.